The Labute approximate surface area is 100 Å². The molecule has 0 atom stereocenters. The standard InChI is InChI=1S/C14H13NO2/c1-3-9-7-11-12(8-10(9)4-2)14(16)17-13(11)5-6-15/h5,7-8H,3-4H2,1-2H3/b13-5-. The fraction of sp³-hybridized carbons (Fsp3) is 0.286. The van der Waals surface area contributed by atoms with Gasteiger partial charge in [-0.15, -0.1) is 0 Å². The van der Waals surface area contributed by atoms with Crippen molar-refractivity contribution >= 4 is 11.7 Å². The summed E-state index contributed by atoms with van der Waals surface area (Å²) in [5.74, 6) is 0.00343. The molecule has 1 aliphatic rings. The molecule has 1 aromatic rings. The van der Waals surface area contributed by atoms with Crippen molar-refractivity contribution in [2.24, 2.45) is 0 Å². The second-order valence-electron chi connectivity index (χ2n) is 3.90. The van der Waals surface area contributed by atoms with Gasteiger partial charge in [-0.25, -0.2) is 4.79 Å². The first-order valence-corrected chi connectivity index (χ1v) is 5.69. The number of hydrogen-bond acceptors (Lipinski definition) is 3. The summed E-state index contributed by atoms with van der Waals surface area (Å²) in [7, 11) is 0. The summed E-state index contributed by atoms with van der Waals surface area (Å²) in [6.45, 7) is 4.14. The van der Waals surface area contributed by atoms with E-state index in [0.29, 0.717) is 11.3 Å². The summed E-state index contributed by atoms with van der Waals surface area (Å²) in [5, 5.41) is 8.65. The maximum atomic E-state index is 11.6. The zero-order chi connectivity index (χ0) is 12.4. The number of nitrogens with zero attached hydrogens (tertiary/aromatic N) is 1. The average molecular weight is 227 g/mol. The third-order valence-electron chi connectivity index (χ3n) is 2.99. The highest BCUT2D eigenvalue weighted by Crippen LogP contribution is 2.32. The van der Waals surface area contributed by atoms with E-state index in [2.05, 4.69) is 13.8 Å². The number of benzene rings is 1. The van der Waals surface area contributed by atoms with Crippen LogP contribution in [0.15, 0.2) is 18.2 Å². The number of aryl methyl sites for hydroxylation is 2. The molecule has 3 heteroatoms. The van der Waals surface area contributed by atoms with Gasteiger partial charge in [-0.1, -0.05) is 13.8 Å². The van der Waals surface area contributed by atoms with E-state index in [0.717, 1.165) is 18.4 Å². The molecule has 1 aromatic carbocycles. The van der Waals surface area contributed by atoms with Crippen molar-refractivity contribution in [2.45, 2.75) is 26.7 Å². The Bertz CT molecular complexity index is 550. The quantitative estimate of drug-likeness (QED) is 0.576. The lowest BCUT2D eigenvalue weighted by atomic mass is 9.95. The van der Waals surface area contributed by atoms with Gasteiger partial charge in [-0.3, -0.25) is 0 Å². The fourth-order valence-corrected chi connectivity index (χ4v) is 2.10. The molecule has 1 heterocycles. The minimum atomic E-state index is -0.362. The lowest BCUT2D eigenvalue weighted by molar-refractivity contribution is 0.0716. The molecule has 17 heavy (non-hydrogen) atoms. The molecular formula is C14H13NO2. The van der Waals surface area contributed by atoms with Gasteiger partial charge >= 0.3 is 5.97 Å². The maximum absolute atomic E-state index is 11.6. The molecule has 3 nitrogen and oxygen atoms in total. The van der Waals surface area contributed by atoms with Crippen LogP contribution in [0.1, 0.15) is 40.9 Å². The van der Waals surface area contributed by atoms with Crippen LogP contribution >= 0.6 is 0 Å². The number of ether oxygens (including phenoxy) is 1. The fourth-order valence-electron chi connectivity index (χ4n) is 2.10. The largest absolute Gasteiger partial charge is 0.421 e. The first-order chi connectivity index (χ1) is 8.21. The molecule has 0 bridgehead atoms. The normalized spacial score (nSPS) is 15.6. The molecule has 0 spiro atoms. The summed E-state index contributed by atoms with van der Waals surface area (Å²) in [5.41, 5.74) is 3.68. The smallest absolute Gasteiger partial charge is 0.344 e. The van der Waals surface area contributed by atoms with Crippen LogP contribution in [0.4, 0.5) is 0 Å². The van der Waals surface area contributed by atoms with Crippen molar-refractivity contribution in [3.63, 3.8) is 0 Å². The first kappa shape index (κ1) is 11.4. The van der Waals surface area contributed by atoms with E-state index in [1.54, 1.807) is 0 Å². The lowest BCUT2D eigenvalue weighted by Crippen LogP contribution is -1.98. The van der Waals surface area contributed by atoms with Crippen molar-refractivity contribution in [1.82, 2.24) is 0 Å². The van der Waals surface area contributed by atoms with Gasteiger partial charge in [0.25, 0.3) is 0 Å². The van der Waals surface area contributed by atoms with Gasteiger partial charge in [-0.2, -0.15) is 5.26 Å². The number of allylic oxidation sites excluding steroid dienone is 1. The van der Waals surface area contributed by atoms with Crippen LogP contribution in [-0.4, -0.2) is 5.97 Å². The van der Waals surface area contributed by atoms with E-state index in [9.17, 15) is 4.79 Å². The van der Waals surface area contributed by atoms with Crippen LogP contribution in [0.5, 0.6) is 0 Å². The van der Waals surface area contributed by atoms with Gasteiger partial charge in [0.1, 0.15) is 5.76 Å². The van der Waals surface area contributed by atoms with Crippen molar-refractivity contribution in [3.05, 3.63) is 40.5 Å². The number of carbonyl (C=O) groups is 1. The number of carbonyl (C=O) groups excluding carboxylic acids is 1. The second kappa shape index (κ2) is 4.42. The van der Waals surface area contributed by atoms with Gasteiger partial charge in [0.2, 0.25) is 0 Å². The van der Waals surface area contributed by atoms with Crippen molar-refractivity contribution in [3.8, 4) is 6.07 Å². The summed E-state index contributed by atoms with van der Waals surface area (Å²) < 4.78 is 5.07. The van der Waals surface area contributed by atoms with Gasteiger partial charge in [-0.05, 0) is 36.1 Å². The van der Waals surface area contributed by atoms with Gasteiger partial charge in [0.15, 0.2) is 0 Å². The number of cyclic esters (lactones) is 1. The minimum absolute atomic E-state index is 0.362. The van der Waals surface area contributed by atoms with Gasteiger partial charge < -0.3 is 4.74 Å². The molecule has 0 aromatic heterocycles. The highest BCUT2D eigenvalue weighted by molar-refractivity contribution is 6.03. The van der Waals surface area contributed by atoms with E-state index in [1.165, 1.54) is 17.2 Å². The zero-order valence-corrected chi connectivity index (χ0v) is 9.91. The van der Waals surface area contributed by atoms with Crippen LogP contribution in [0.2, 0.25) is 0 Å². The van der Waals surface area contributed by atoms with E-state index in [1.807, 2.05) is 18.2 Å². The number of hydrogen-bond donors (Lipinski definition) is 0. The molecule has 0 fully saturated rings. The Hall–Kier alpha value is -2.08. The SMILES string of the molecule is CCc1cc2c(cc1CC)/C(=C/C#N)OC2=O. The Morgan fingerprint density at radius 3 is 2.35 bits per heavy atom. The van der Waals surface area contributed by atoms with Crippen LogP contribution in [0.3, 0.4) is 0 Å². The molecule has 0 amide bonds. The first-order valence-electron chi connectivity index (χ1n) is 5.69. The number of rotatable bonds is 2. The molecule has 86 valence electrons. The zero-order valence-electron chi connectivity index (χ0n) is 9.91. The minimum Gasteiger partial charge on any atom is -0.421 e. The molecule has 0 saturated carbocycles. The molecule has 0 saturated heterocycles. The van der Waals surface area contributed by atoms with Gasteiger partial charge in [0.05, 0.1) is 17.7 Å². The monoisotopic (exact) mass is 227 g/mol. The van der Waals surface area contributed by atoms with Crippen molar-refractivity contribution in [1.29, 1.82) is 5.26 Å². The Morgan fingerprint density at radius 2 is 1.82 bits per heavy atom. The molecule has 2 rings (SSSR count). The third-order valence-corrected chi connectivity index (χ3v) is 2.99. The maximum Gasteiger partial charge on any atom is 0.344 e. The molecule has 0 aliphatic carbocycles. The van der Waals surface area contributed by atoms with Gasteiger partial charge in [0, 0.05) is 5.56 Å². The van der Waals surface area contributed by atoms with E-state index in [-0.39, 0.29) is 5.97 Å². The Kier molecular flexibility index (Phi) is 2.97. The summed E-state index contributed by atoms with van der Waals surface area (Å²) in [6.07, 6.45) is 3.07. The number of esters is 1. The van der Waals surface area contributed by atoms with Crippen LogP contribution in [0, 0.1) is 11.3 Å². The third kappa shape index (κ3) is 1.83. The predicted octanol–water partition coefficient (Wildman–Crippen LogP) is 2.85. The summed E-state index contributed by atoms with van der Waals surface area (Å²) >= 11 is 0. The molecular weight excluding hydrogens is 214 g/mol. The Balaban J connectivity index is 2.63. The molecule has 0 unspecified atom stereocenters. The summed E-state index contributed by atoms with van der Waals surface area (Å²) in [6, 6.07) is 5.74. The Morgan fingerprint density at radius 1 is 1.24 bits per heavy atom. The van der Waals surface area contributed by atoms with E-state index in [4.69, 9.17) is 10.00 Å². The van der Waals surface area contributed by atoms with Crippen LogP contribution in [0.25, 0.3) is 5.76 Å². The predicted molar refractivity (Wildman–Crippen MR) is 64.2 cm³/mol. The second-order valence-corrected chi connectivity index (χ2v) is 3.90. The molecule has 0 radical (unpaired) electrons. The van der Waals surface area contributed by atoms with Crippen molar-refractivity contribution in [2.75, 3.05) is 0 Å². The number of nitriles is 1. The lowest BCUT2D eigenvalue weighted by Gasteiger charge is -2.07. The molecule has 0 N–H and O–H groups in total. The van der Waals surface area contributed by atoms with Crippen LogP contribution in [-0.2, 0) is 17.6 Å². The molecule has 1 aliphatic heterocycles. The van der Waals surface area contributed by atoms with E-state index < -0.39 is 0 Å². The highest BCUT2D eigenvalue weighted by atomic mass is 16.5. The average Bonchev–Trinajstić information content (AvgIpc) is 2.65. The van der Waals surface area contributed by atoms with Crippen LogP contribution < -0.4 is 0 Å². The summed E-state index contributed by atoms with van der Waals surface area (Å²) in [4.78, 5) is 11.6. The highest BCUT2D eigenvalue weighted by Gasteiger charge is 2.27. The van der Waals surface area contributed by atoms with E-state index >= 15 is 0 Å². The van der Waals surface area contributed by atoms with Crippen molar-refractivity contribution < 1.29 is 9.53 Å². The number of fused-ring (bicyclic) bond motifs is 1. The topological polar surface area (TPSA) is 50.1 Å².